The van der Waals surface area contributed by atoms with Crippen molar-refractivity contribution in [1.29, 1.82) is 0 Å². The summed E-state index contributed by atoms with van der Waals surface area (Å²) in [5.74, 6) is 0. The van der Waals surface area contributed by atoms with Gasteiger partial charge < -0.3 is 0 Å². The number of benzene rings is 2. The average molecular weight is 424 g/mol. The van der Waals surface area contributed by atoms with Crippen LogP contribution in [0.5, 0.6) is 0 Å². The van der Waals surface area contributed by atoms with Gasteiger partial charge in [-0.3, -0.25) is 0 Å². The zero-order valence-electron chi connectivity index (χ0n) is 10.6. The van der Waals surface area contributed by atoms with Crippen LogP contribution in [0.15, 0.2) is 60.7 Å². The molecule has 0 fully saturated rings. The predicted molar refractivity (Wildman–Crippen MR) is 75.8 cm³/mol. The van der Waals surface area contributed by atoms with Crippen molar-refractivity contribution in [2.45, 2.75) is 6.55 Å². The summed E-state index contributed by atoms with van der Waals surface area (Å²) in [5.41, 5.74) is 0. The van der Waals surface area contributed by atoms with Gasteiger partial charge in [0.15, 0.2) is 0 Å². The molecule has 0 bridgehead atoms. The van der Waals surface area contributed by atoms with Crippen LogP contribution in [0.1, 0.15) is 0 Å². The first kappa shape index (κ1) is 13.6. The fourth-order valence-corrected chi connectivity index (χ4v) is 7.62. The van der Waals surface area contributed by atoms with E-state index in [4.69, 9.17) is 4.74 Å². The molecular formula is C15H16OSiW. The molecule has 0 unspecified atom stereocenters. The van der Waals surface area contributed by atoms with Gasteiger partial charge in [-0.05, 0) is 0 Å². The van der Waals surface area contributed by atoms with E-state index in [0.717, 1.165) is 0 Å². The Hall–Kier alpha value is -0.825. The summed E-state index contributed by atoms with van der Waals surface area (Å²) in [7, 11) is -0.0824. The monoisotopic (exact) mass is 424 g/mol. The molecule has 0 aliphatic rings. The van der Waals surface area contributed by atoms with Crippen molar-refractivity contribution in [2.24, 2.45) is 0 Å². The first-order valence-electron chi connectivity index (χ1n) is 5.89. The van der Waals surface area contributed by atoms with Crippen LogP contribution in [-0.2, 0) is 24.1 Å². The molecule has 0 spiro atoms. The third-order valence-corrected chi connectivity index (χ3v) is 12.3. The Kier molecular flexibility index (Phi) is 4.44. The SMILES string of the molecule is CO[C](=[W])[Si](C)(c1ccccc1)c1ccccc1. The van der Waals surface area contributed by atoms with E-state index in [1.165, 1.54) is 33.4 Å². The van der Waals surface area contributed by atoms with Crippen LogP contribution in [0.2, 0.25) is 6.55 Å². The van der Waals surface area contributed by atoms with Crippen molar-refractivity contribution in [2.75, 3.05) is 7.11 Å². The molecule has 0 aliphatic carbocycles. The number of rotatable bonds is 4. The molecule has 2 rings (SSSR count). The number of hydrogen-bond acceptors (Lipinski definition) is 1. The van der Waals surface area contributed by atoms with Crippen LogP contribution in [0, 0.1) is 0 Å². The Morgan fingerprint density at radius 1 is 0.889 bits per heavy atom. The van der Waals surface area contributed by atoms with Gasteiger partial charge in [-0.15, -0.1) is 0 Å². The molecule has 2 aromatic carbocycles. The fraction of sp³-hybridized carbons (Fsp3) is 0.133. The van der Waals surface area contributed by atoms with E-state index in [1.807, 2.05) is 0 Å². The molecule has 0 saturated heterocycles. The Labute approximate surface area is 120 Å². The molecule has 0 amide bonds. The molecule has 1 nitrogen and oxygen atoms in total. The molecule has 3 heteroatoms. The van der Waals surface area contributed by atoms with Crippen LogP contribution in [0.4, 0.5) is 0 Å². The van der Waals surface area contributed by atoms with Crippen LogP contribution in [0.25, 0.3) is 0 Å². The summed E-state index contributed by atoms with van der Waals surface area (Å²) in [4.78, 5) is 0. The third kappa shape index (κ3) is 2.46. The van der Waals surface area contributed by atoms with Gasteiger partial charge in [-0.25, -0.2) is 0 Å². The van der Waals surface area contributed by atoms with Crippen molar-refractivity contribution in [1.82, 2.24) is 0 Å². The Morgan fingerprint density at radius 3 is 1.61 bits per heavy atom. The molecular weight excluding hydrogens is 408 g/mol. The topological polar surface area (TPSA) is 9.23 Å². The minimum atomic E-state index is -1.87. The fourth-order valence-electron chi connectivity index (χ4n) is 2.15. The van der Waals surface area contributed by atoms with Crippen molar-refractivity contribution < 1.29 is 24.1 Å². The van der Waals surface area contributed by atoms with Gasteiger partial charge >= 0.3 is 121 Å². The summed E-state index contributed by atoms with van der Waals surface area (Å²) in [6, 6.07) is 21.5. The van der Waals surface area contributed by atoms with Crippen LogP contribution < -0.4 is 10.4 Å². The van der Waals surface area contributed by atoms with Gasteiger partial charge in [0.2, 0.25) is 0 Å². The van der Waals surface area contributed by atoms with Crippen molar-refractivity contribution in [3.8, 4) is 0 Å². The maximum absolute atomic E-state index is 5.64. The zero-order valence-corrected chi connectivity index (χ0v) is 14.5. The quantitative estimate of drug-likeness (QED) is 0.680. The summed E-state index contributed by atoms with van der Waals surface area (Å²) >= 11 is 1.43. The molecule has 18 heavy (non-hydrogen) atoms. The molecule has 2 aromatic rings. The molecule has 0 N–H and O–H groups in total. The van der Waals surface area contributed by atoms with Crippen molar-refractivity contribution in [3.63, 3.8) is 0 Å². The summed E-state index contributed by atoms with van der Waals surface area (Å²) in [6.07, 6.45) is 0. The molecule has 0 heterocycles. The first-order chi connectivity index (χ1) is 8.69. The zero-order chi connectivity index (χ0) is 13.0. The number of methoxy groups -OCH3 is 1. The van der Waals surface area contributed by atoms with E-state index in [9.17, 15) is 0 Å². The second kappa shape index (κ2) is 5.88. The van der Waals surface area contributed by atoms with E-state index >= 15 is 0 Å². The maximum atomic E-state index is 5.64. The Balaban J connectivity index is 2.59. The first-order valence-corrected chi connectivity index (χ1v) is 9.85. The van der Waals surface area contributed by atoms with Gasteiger partial charge in [0, 0.05) is 0 Å². The number of ether oxygens (including phenoxy) is 1. The van der Waals surface area contributed by atoms with Gasteiger partial charge in [0.25, 0.3) is 0 Å². The standard InChI is InChI=1S/C15H16OSi.W/c1-16-13-17(2,14-9-5-3-6-10-14)15-11-7-4-8-12-15;/h3-12H,1-2H3;. The molecule has 0 atom stereocenters. The van der Waals surface area contributed by atoms with E-state index in [-0.39, 0.29) is 0 Å². The van der Waals surface area contributed by atoms with Crippen LogP contribution in [0.3, 0.4) is 0 Å². The minimum absolute atomic E-state index is 1.22. The van der Waals surface area contributed by atoms with Crippen molar-refractivity contribution >= 4 is 22.2 Å². The van der Waals surface area contributed by atoms with E-state index in [1.54, 1.807) is 7.11 Å². The van der Waals surface area contributed by atoms with Gasteiger partial charge in [0.1, 0.15) is 0 Å². The van der Waals surface area contributed by atoms with E-state index in [2.05, 4.69) is 67.2 Å². The normalized spacial score (nSPS) is 11.2. The van der Waals surface area contributed by atoms with Gasteiger partial charge in [0.05, 0.1) is 0 Å². The van der Waals surface area contributed by atoms with Crippen molar-refractivity contribution in [3.05, 3.63) is 60.7 Å². The Bertz CT molecular complexity index is 485. The predicted octanol–water partition coefficient (Wildman–Crippen LogP) is 1.74. The molecule has 0 radical (unpaired) electrons. The molecule has 0 aromatic heterocycles. The Morgan fingerprint density at radius 2 is 1.28 bits per heavy atom. The summed E-state index contributed by atoms with van der Waals surface area (Å²) < 4.78 is 6.86. The van der Waals surface area contributed by atoms with Gasteiger partial charge in [-0.2, -0.15) is 0 Å². The molecule has 0 aliphatic heterocycles. The van der Waals surface area contributed by atoms with Crippen LogP contribution in [-0.4, -0.2) is 18.9 Å². The summed E-state index contributed by atoms with van der Waals surface area (Å²) in [6.45, 7) is 2.36. The van der Waals surface area contributed by atoms with E-state index < -0.39 is 8.07 Å². The van der Waals surface area contributed by atoms with Gasteiger partial charge in [-0.1, -0.05) is 0 Å². The van der Waals surface area contributed by atoms with Crippen LogP contribution >= 0.6 is 0 Å². The van der Waals surface area contributed by atoms with E-state index in [0.29, 0.717) is 0 Å². The summed E-state index contributed by atoms with van der Waals surface area (Å²) in [5, 5.41) is 2.81. The molecule has 92 valence electrons. The average Bonchev–Trinajstić information content (AvgIpc) is 2.47. The third-order valence-electron chi connectivity index (χ3n) is 3.30. The molecule has 0 saturated carbocycles. The second-order valence-corrected chi connectivity index (χ2v) is 11.0. The second-order valence-electron chi connectivity index (χ2n) is 4.35. The number of hydrogen-bond donors (Lipinski definition) is 0.